The van der Waals surface area contributed by atoms with E-state index in [9.17, 15) is 0 Å². The van der Waals surface area contributed by atoms with Gasteiger partial charge in [0.1, 0.15) is 6.33 Å². The summed E-state index contributed by atoms with van der Waals surface area (Å²) in [5, 5.41) is 8.21. The van der Waals surface area contributed by atoms with Crippen LogP contribution in [0, 0.1) is 11.8 Å². The summed E-state index contributed by atoms with van der Waals surface area (Å²) in [5.41, 5.74) is 2.75. The van der Waals surface area contributed by atoms with Gasteiger partial charge >= 0.3 is 0 Å². The van der Waals surface area contributed by atoms with Gasteiger partial charge in [0.15, 0.2) is 5.82 Å². The number of aromatic nitrogens is 3. The van der Waals surface area contributed by atoms with Gasteiger partial charge in [-0.3, -0.25) is 4.90 Å². The van der Waals surface area contributed by atoms with Gasteiger partial charge in [-0.2, -0.15) is 0 Å². The Hall–Kier alpha value is -1.88. The zero-order chi connectivity index (χ0) is 16.1. The van der Waals surface area contributed by atoms with Crippen LogP contribution < -0.4 is 4.90 Å². The molecule has 5 nitrogen and oxygen atoms in total. The molecular formula is C19H25N5. The van der Waals surface area contributed by atoms with Gasteiger partial charge in [0.05, 0.1) is 6.54 Å². The summed E-state index contributed by atoms with van der Waals surface area (Å²) in [6, 6.07) is 10.1. The molecule has 0 saturated heterocycles. The second-order valence-corrected chi connectivity index (χ2v) is 7.46. The fraction of sp³-hybridized carbons (Fsp3) is 0.579. The predicted octanol–water partition coefficient (Wildman–Crippen LogP) is 2.18. The summed E-state index contributed by atoms with van der Waals surface area (Å²) in [5.74, 6) is 3.19. The van der Waals surface area contributed by atoms with E-state index in [-0.39, 0.29) is 0 Å². The van der Waals surface area contributed by atoms with E-state index >= 15 is 0 Å². The van der Waals surface area contributed by atoms with Crippen molar-refractivity contribution in [2.24, 2.45) is 11.8 Å². The lowest BCUT2D eigenvalue weighted by Crippen LogP contribution is -2.33. The highest BCUT2D eigenvalue weighted by molar-refractivity contribution is 5.48. The lowest BCUT2D eigenvalue weighted by atomic mass is 10.1. The highest BCUT2D eigenvalue weighted by Gasteiger charge is 2.65. The summed E-state index contributed by atoms with van der Waals surface area (Å²) in [4.78, 5) is 5.08. The molecule has 0 radical (unpaired) electrons. The molecule has 0 N–H and O–H groups in total. The van der Waals surface area contributed by atoms with Crippen molar-refractivity contribution in [3.05, 3.63) is 42.0 Å². The SMILES string of the molecule is CCN(CCc1ccc(N2CCn3cnnc3C2)cc1)C1C2CC21. The van der Waals surface area contributed by atoms with E-state index in [0.29, 0.717) is 0 Å². The Morgan fingerprint density at radius 1 is 1.17 bits per heavy atom. The zero-order valence-corrected chi connectivity index (χ0v) is 14.3. The lowest BCUT2D eigenvalue weighted by Gasteiger charge is -2.29. The number of anilines is 1. The monoisotopic (exact) mass is 323 g/mol. The number of benzene rings is 1. The van der Waals surface area contributed by atoms with Crippen LogP contribution in [0.2, 0.25) is 0 Å². The minimum absolute atomic E-state index is 0.855. The summed E-state index contributed by atoms with van der Waals surface area (Å²) in [6.45, 7) is 7.56. The van der Waals surface area contributed by atoms with Crippen LogP contribution in [0.5, 0.6) is 0 Å². The topological polar surface area (TPSA) is 37.2 Å². The Morgan fingerprint density at radius 3 is 2.71 bits per heavy atom. The first kappa shape index (κ1) is 14.5. The molecule has 2 aliphatic carbocycles. The molecule has 2 saturated carbocycles. The molecule has 2 atom stereocenters. The summed E-state index contributed by atoms with van der Waals surface area (Å²) >= 11 is 0. The van der Waals surface area contributed by atoms with Crippen LogP contribution in [-0.2, 0) is 19.5 Å². The molecular weight excluding hydrogens is 298 g/mol. The maximum atomic E-state index is 4.21. The average Bonchev–Trinajstić information content (AvgIpc) is 3.49. The molecule has 0 spiro atoms. The summed E-state index contributed by atoms with van der Waals surface area (Å²) < 4.78 is 2.15. The van der Waals surface area contributed by atoms with E-state index in [1.54, 1.807) is 0 Å². The van der Waals surface area contributed by atoms with Gasteiger partial charge in [-0.05, 0) is 48.9 Å². The van der Waals surface area contributed by atoms with E-state index in [4.69, 9.17) is 0 Å². The van der Waals surface area contributed by atoms with Gasteiger partial charge in [0, 0.05) is 31.4 Å². The Kier molecular flexibility index (Phi) is 3.37. The molecule has 2 heterocycles. The predicted molar refractivity (Wildman–Crippen MR) is 93.9 cm³/mol. The van der Waals surface area contributed by atoms with Crippen molar-refractivity contribution in [1.82, 2.24) is 19.7 Å². The number of fused-ring (bicyclic) bond motifs is 2. The second-order valence-electron chi connectivity index (χ2n) is 7.46. The molecule has 0 bridgehead atoms. The van der Waals surface area contributed by atoms with Crippen molar-refractivity contribution < 1.29 is 0 Å². The molecule has 24 heavy (non-hydrogen) atoms. The number of hydrogen-bond donors (Lipinski definition) is 0. The Labute approximate surface area is 143 Å². The molecule has 1 aliphatic heterocycles. The van der Waals surface area contributed by atoms with E-state index in [1.165, 1.54) is 37.2 Å². The third-order valence-corrected chi connectivity index (χ3v) is 6.08. The first-order valence-corrected chi connectivity index (χ1v) is 9.28. The molecule has 0 amide bonds. The van der Waals surface area contributed by atoms with Crippen LogP contribution in [-0.4, -0.2) is 45.3 Å². The number of rotatable bonds is 6. The van der Waals surface area contributed by atoms with E-state index in [1.807, 2.05) is 6.33 Å². The fourth-order valence-electron chi connectivity index (χ4n) is 4.24. The van der Waals surface area contributed by atoms with Gasteiger partial charge in [0.25, 0.3) is 0 Å². The van der Waals surface area contributed by atoms with Crippen LogP contribution in [0.3, 0.4) is 0 Å². The minimum atomic E-state index is 0.855. The Morgan fingerprint density at radius 2 is 2.00 bits per heavy atom. The van der Waals surface area contributed by atoms with Gasteiger partial charge in [-0.25, -0.2) is 0 Å². The van der Waals surface area contributed by atoms with Gasteiger partial charge in [-0.1, -0.05) is 19.1 Å². The molecule has 2 aromatic rings. The highest BCUT2D eigenvalue weighted by Crippen LogP contribution is 2.64. The third-order valence-electron chi connectivity index (χ3n) is 6.08. The second kappa shape index (κ2) is 5.59. The van der Waals surface area contributed by atoms with E-state index in [0.717, 1.165) is 43.3 Å². The average molecular weight is 323 g/mol. The van der Waals surface area contributed by atoms with Crippen LogP contribution in [0.4, 0.5) is 5.69 Å². The lowest BCUT2D eigenvalue weighted by molar-refractivity contribution is 0.240. The fourth-order valence-corrected chi connectivity index (χ4v) is 4.24. The first-order chi connectivity index (χ1) is 11.8. The molecule has 5 rings (SSSR count). The molecule has 5 heteroatoms. The first-order valence-electron chi connectivity index (χ1n) is 9.28. The van der Waals surface area contributed by atoms with Crippen molar-refractivity contribution in [2.75, 3.05) is 24.5 Å². The van der Waals surface area contributed by atoms with Gasteiger partial charge < -0.3 is 9.47 Å². The third kappa shape index (κ3) is 2.51. The van der Waals surface area contributed by atoms with Crippen molar-refractivity contribution >= 4 is 5.69 Å². The quantitative estimate of drug-likeness (QED) is 0.816. The highest BCUT2D eigenvalue weighted by atomic mass is 15.3. The Bertz CT molecular complexity index is 714. The van der Waals surface area contributed by atoms with E-state index in [2.05, 4.69) is 55.8 Å². The van der Waals surface area contributed by atoms with Crippen LogP contribution in [0.1, 0.15) is 24.7 Å². The molecule has 3 aliphatic rings. The number of hydrogen-bond acceptors (Lipinski definition) is 4. The van der Waals surface area contributed by atoms with Crippen molar-refractivity contribution in [3.8, 4) is 0 Å². The van der Waals surface area contributed by atoms with Crippen LogP contribution in [0.15, 0.2) is 30.6 Å². The normalized spacial score (nSPS) is 27.1. The van der Waals surface area contributed by atoms with Crippen molar-refractivity contribution in [3.63, 3.8) is 0 Å². The standard InChI is InChI=1S/C19H25N5/c1-2-22(19-16-11-17(16)19)8-7-14-3-5-15(6-4-14)23-9-10-24-13-20-21-18(24)12-23/h3-6,13,16-17,19H,2,7-12H2,1H3. The molecule has 126 valence electrons. The minimum Gasteiger partial charge on any atom is -0.362 e. The molecule has 2 fully saturated rings. The van der Waals surface area contributed by atoms with Gasteiger partial charge in [-0.15, -0.1) is 10.2 Å². The van der Waals surface area contributed by atoms with Crippen molar-refractivity contribution in [1.29, 1.82) is 0 Å². The van der Waals surface area contributed by atoms with Gasteiger partial charge in [0.2, 0.25) is 0 Å². The van der Waals surface area contributed by atoms with Crippen LogP contribution in [0.25, 0.3) is 0 Å². The smallest absolute Gasteiger partial charge is 0.152 e. The maximum absolute atomic E-state index is 4.21. The van der Waals surface area contributed by atoms with Crippen molar-refractivity contribution in [2.45, 2.75) is 38.9 Å². The largest absolute Gasteiger partial charge is 0.362 e. The molecule has 2 unspecified atom stereocenters. The van der Waals surface area contributed by atoms with E-state index < -0.39 is 0 Å². The molecule has 1 aromatic heterocycles. The zero-order valence-electron chi connectivity index (χ0n) is 14.3. The Balaban J connectivity index is 1.20. The maximum Gasteiger partial charge on any atom is 0.152 e. The number of nitrogens with zero attached hydrogens (tertiary/aromatic N) is 5. The molecule has 1 aromatic carbocycles. The number of likely N-dealkylation sites (N-methyl/N-ethyl adjacent to an activating group) is 1. The summed E-state index contributed by atoms with van der Waals surface area (Å²) in [6.07, 6.45) is 4.50. The summed E-state index contributed by atoms with van der Waals surface area (Å²) in [7, 11) is 0. The van der Waals surface area contributed by atoms with Crippen LogP contribution >= 0.6 is 0 Å².